The molecule has 0 saturated heterocycles. The lowest BCUT2D eigenvalue weighted by atomic mass is 10.1. The zero-order valence-electron chi connectivity index (χ0n) is 16.4. The summed E-state index contributed by atoms with van der Waals surface area (Å²) in [4.78, 5) is 15.3. The van der Waals surface area contributed by atoms with Crippen molar-refractivity contribution in [2.45, 2.75) is 46.3 Å². The summed E-state index contributed by atoms with van der Waals surface area (Å²) < 4.78 is 2.23. The molecule has 0 aliphatic heterocycles. The van der Waals surface area contributed by atoms with Gasteiger partial charge in [-0.05, 0) is 49.6 Å². The Morgan fingerprint density at radius 3 is 2.41 bits per heavy atom. The van der Waals surface area contributed by atoms with Gasteiger partial charge in [-0.15, -0.1) is 0 Å². The summed E-state index contributed by atoms with van der Waals surface area (Å²) in [6.07, 6.45) is 3.02. The predicted molar refractivity (Wildman–Crippen MR) is 111 cm³/mol. The molecule has 27 heavy (non-hydrogen) atoms. The summed E-state index contributed by atoms with van der Waals surface area (Å²) in [6, 6.07) is 22.6. The van der Waals surface area contributed by atoms with Crippen LogP contribution in [-0.2, 0) is 13.1 Å². The summed E-state index contributed by atoms with van der Waals surface area (Å²) >= 11 is 0. The maximum atomic E-state index is 13.3. The zero-order valence-corrected chi connectivity index (χ0v) is 16.4. The van der Waals surface area contributed by atoms with Crippen molar-refractivity contribution in [2.75, 3.05) is 0 Å². The van der Waals surface area contributed by atoms with E-state index in [0.29, 0.717) is 6.54 Å². The molecule has 140 valence electrons. The molecule has 0 saturated carbocycles. The van der Waals surface area contributed by atoms with E-state index >= 15 is 0 Å². The molecule has 0 fully saturated rings. The van der Waals surface area contributed by atoms with Gasteiger partial charge >= 0.3 is 0 Å². The van der Waals surface area contributed by atoms with Crippen LogP contribution in [0.15, 0.2) is 72.9 Å². The van der Waals surface area contributed by atoms with Crippen LogP contribution >= 0.6 is 0 Å². The van der Waals surface area contributed by atoms with Crippen LogP contribution < -0.4 is 0 Å². The molecule has 3 rings (SSSR count). The van der Waals surface area contributed by atoms with Crippen molar-refractivity contribution in [3.63, 3.8) is 0 Å². The van der Waals surface area contributed by atoms with Gasteiger partial charge in [0.1, 0.15) is 0 Å². The van der Waals surface area contributed by atoms with Gasteiger partial charge in [0.05, 0.1) is 6.54 Å². The molecule has 0 N–H and O–H groups in total. The average Bonchev–Trinajstić information content (AvgIpc) is 3.13. The minimum atomic E-state index is 0.106. The number of aromatic nitrogens is 1. The van der Waals surface area contributed by atoms with Crippen LogP contribution in [0, 0.1) is 6.92 Å². The Morgan fingerprint density at radius 1 is 1.00 bits per heavy atom. The third-order valence-electron chi connectivity index (χ3n) is 5.21. The standard InChI is InChI=1S/C24H28N2O/c1-4-20(3)26(24(27)23-15-9-8-11-19(23)2)18-22-14-10-16-25(22)17-21-12-6-5-7-13-21/h5-16,20H,4,17-18H2,1-3H3/t20-/m0/s1. The van der Waals surface area contributed by atoms with Gasteiger partial charge < -0.3 is 9.47 Å². The first-order valence-corrected chi connectivity index (χ1v) is 9.64. The molecule has 0 spiro atoms. The first-order chi connectivity index (χ1) is 13.1. The Hall–Kier alpha value is -2.81. The first kappa shape index (κ1) is 19.0. The van der Waals surface area contributed by atoms with E-state index in [1.54, 1.807) is 0 Å². The van der Waals surface area contributed by atoms with Gasteiger partial charge in [-0.2, -0.15) is 0 Å². The van der Waals surface area contributed by atoms with E-state index < -0.39 is 0 Å². The summed E-state index contributed by atoms with van der Waals surface area (Å²) in [5, 5.41) is 0. The largest absolute Gasteiger partial charge is 0.345 e. The molecule has 1 amide bonds. The van der Waals surface area contributed by atoms with Gasteiger partial charge in [0.2, 0.25) is 0 Å². The molecular formula is C24H28N2O. The number of aryl methyl sites for hydroxylation is 1. The summed E-state index contributed by atoms with van der Waals surface area (Å²) in [5.74, 6) is 0.106. The summed E-state index contributed by atoms with van der Waals surface area (Å²) in [5.41, 5.74) is 4.23. The molecule has 0 bridgehead atoms. The molecule has 2 aromatic carbocycles. The first-order valence-electron chi connectivity index (χ1n) is 9.64. The second-order valence-electron chi connectivity index (χ2n) is 7.12. The second kappa shape index (κ2) is 8.72. The van der Waals surface area contributed by atoms with E-state index in [4.69, 9.17) is 0 Å². The number of rotatable bonds is 7. The van der Waals surface area contributed by atoms with Gasteiger partial charge in [0.15, 0.2) is 0 Å². The maximum Gasteiger partial charge on any atom is 0.254 e. The van der Waals surface area contributed by atoms with E-state index in [1.165, 1.54) is 5.56 Å². The highest BCUT2D eigenvalue weighted by molar-refractivity contribution is 5.95. The van der Waals surface area contributed by atoms with E-state index in [9.17, 15) is 4.79 Å². The fourth-order valence-corrected chi connectivity index (χ4v) is 3.32. The molecule has 0 aliphatic carbocycles. The van der Waals surface area contributed by atoms with Crippen molar-refractivity contribution in [3.8, 4) is 0 Å². The number of carbonyl (C=O) groups excluding carboxylic acids is 1. The minimum absolute atomic E-state index is 0.106. The number of hydrogen-bond donors (Lipinski definition) is 0. The number of nitrogens with zero attached hydrogens (tertiary/aromatic N) is 2. The lowest BCUT2D eigenvalue weighted by Crippen LogP contribution is -2.38. The van der Waals surface area contributed by atoms with Crippen LogP contribution in [0.3, 0.4) is 0 Å². The third kappa shape index (κ3) is 4.48. The highest BCUT2D eigenvalue weighted by atomic mass is 16.2. The summed E-state index contributed by atoms with van der Waals surface area (Å²) in [6.45, 7) is 7.69. The second-order valence-corrected chi connectivity index (χ2v) is 7.12. The Morgan fingerprint density at radius 2 is 1.70 bits per heavy atom. The van der Waals surface area contributed by atoms with Crippen molar-refractivity contribution >= 4 is 5.91 Å². The van der Waals surface area contributed by atoms with Crippen molar-refractivity contribution in [1.82, 2.24) is 9.47 Å². The Balaban J connectivity index is 1.85. The molecule has 1 heterocycles. The molecular weight excluding hydrogens is 332 g/mol. The predicted octanol–water partition coefficient (Wildman–Crippen LogP) is 5.29. The lowest BCUT2D eigenvalue weighted by Gasteiger charge is -2.30. The van der Waals surface area contributed by atoms with Gasteiger partial charge in [-0.3, -0.25) is 4.79 Å². The van der Waals surface area contributed by atoms with Gasteiger partial charge in [0.25, 0.3) is 5.91 Å². The smallest absolute Gasteiger partial charge is 0.254 e. The third-order valence-corrected chi connectivity index (χ3v) is 5.21. The monoisotopic (exact) mass is 360 g/mol. The molecule has 0 aliphatic rings. The summed E-state index contributed by atoms with van der Waals surface area (Å²) in [7, 11) is 0. The Labute approximate surface area is 162 Å². The molecule has 3 nitrogen and oxygen atoms in total. The fraction of sp³-hybridized carbons (Fsp3) is 0.292. The molecule has 3 heteroatoms. The van der Waals surface area contributed by atoms with Crippen LogP contribution in [0.4, 0.5) is 0 Å². The van der Waals surface area contributed by atoms with Gasteiger partial charge in [-0.25, -0.2) is 0 Å². The van der Waals surface area contributed by atoms with Crippen LogP contribution in [0.5, 0.6) is 0 Å². The number of benzene rings is 2. The van der Waals surface area contributed by atoms with Crippen molar-refractivity contribution in [3.05, 3.63) is 95.3 Å². The minimum Gasteiger partial charge on any atom is -0.345 e. The van der Waals surface area contributed by atoms with Crippen molar-refractivity contribution < 1.29 is 4.79 Å². The van der Waals surface area contributed by atoms with Crippen molar-refractivity contribution in [2.24, 2.45) is 0 Å². The SMILES string of the molecule is CC[C@H](C)N(Cc1cccn1Cc1ccccc1)C(=O)c1ccccc1C. The molecule has 1 aromatic heterocycles. The average molecular weight is 361 g/mol. The van der Waals surface area contributed by atoms with E-state index in [2.05, 4.69) is 61.0 Å². The quantitative estimate of drug-likeness (QED) is 0.562. The zero-order chi connectivity index (χ0) is 19.2. The molecule has 3 aromatic rings. The highest BCUT2D eigenvalue weighted by Gasteiger charge is 2.23. The number of amides is 1. The van der Waals surface area contributed by atoms with Crippen LogP contribution in [0.2, 0.25) is 0 Å². The van der Waals surface area contributed by atoms with Gasteiger partial charge in [0, 0.05) is 30.0 Å². The van der Waals surface area contributed by atoms with Gasteiger partial charge in [-0.1, -0.05) is 55.5 Å². The fourth-order valence-electron chi connectivity index (χ4n) is 3.32. The number of hydrogen-bond acceptors (Lipinski definition) is 1. The van der Waals surface area contributed by atoms with E-state index in [1.807, 2.05) is 42.2 Å². The maximum absolute atomic E-state index is 13.3. The molecule has 1 atom stereocenters. The van der Waals surface area contributed by atoms with E-state index in [0.717, 1.165) is 29.8 Å². The van der Waals surface area contributed by atoms with Crippen molar-refractivity contribution in [1.29, 1.82) is 0 Å². The highest BCUT2D eigenvalue weighted by Crippen LogP contribution is 2.18. The molecule has 0 radical (unpaired) electrons. The Bertz CT molecular complexity index is 882. The molecule has 0 unspecified atom stereocenters. The van der Waals surface area contributed by atoms with Crippen LogP contribution in [-0.4, -0.2) is 21.4 Å². The van der Waals surface area contributed by atoms with Crippen LogP contribution in [0.25, 0.3) is 0 Å². The number of carbonyl (C=O) groups is 1. The Kier molecular flexibility index (Phi) is 6.12. The normalized spacial score (nSPS) is 12.0. The van der Waals surface area contributed by atoms with Crippen LogP contribution in [0.1, 0.15) is 47.4 Å². The lowest BCUT2D eigenvalue weighted by molar-refractivity contribution is 0.0666. The van der Waals surface area contributed by atoms with E-state index in [-0.39, 0.29) is 11.9 Å². The topological polar surface area (TPSA) is 25.2 Å².